The molecule has 0 saturated carbocycles. The van der Waals surface area contributed by atoms with E-state index < -0.39 is 0 Å². The molecule has 14 heavy (non-hydrogen) atoms. The minimum Gasteiger partial charge on any atom is -0.267 e. The number of rotatable bonds is 1. The molecule has 1 aromatic rings. The third-order valence-electron chi connectivity index (χ3n) is 1.93. The van der Waals surface area contributed by atoms with Crippen molar-refractivity contribution in [2.75, 3.05) is 0 Å². The molecule has 0 aliphatic heterocycles. The minimum absolute atomic E-state index is 0.195. The normalized spacial score (nSPS) is 11.1. The van der Waals surface area contributed by atoms with E-state index in [1.807, 2.05) is 20.0 Å². The zero-order valence-electron chi connectivity index (χ0n) is 10.6. The van der Waals surface area contributed by atoms with Crippen LogP contribution in [0.3, 0.4) is 0 Å². The van der Waals surface area contributed by atoms with Crippen molar-refractivity contribution < 1.29 is 0 Å². The predicted octanol–water partition coefficient (Wildman–Crippen LogP) is 3.79. The molecule has 0 radical (unpaired) electrons. The summed E-state index contributed by atoms with van der Waals surface area (Å²) in [6.45, 7) is 14.9. The van der Waals surface area contributed by atoms with Gasteiger partial charge in [0.05, 0.1) is 0 Å². The first kappa shape index (κ1) is 13.2. The maximum atomic E-state index is 4.30. The Labute approximate surface area is 88.3 Å². The van der Waals surface area contributed by atoms with Crippen LogP contribution in [0.25, 0.3) is 0 Å². The third-order valence-corrected chi connectivity index (χ3v) is 1.93. The predicted molar refractivity (Wildman–Crippen MR) is 62.7 cm³/mol. The summed E-state index contributed by atoms with van der Waals surface area (Å²) in [4.78, 5) is 0. The zero-order valence-corrected chi connectivity index (χ0v) is 10.6. The van der Waals surface area contributed by atoms with E-state index >= 15 is 0 Å². The summed E-state index contributed by atoms with van der Waals surface area (Å²) in [5, 5.41) is 4.30. The highest BCUT2D eigenvalue weighted by Crippen LogP contribution is 2.23. The highest BCUT2D eigenvalue weighted by atomic mass is 15.3. The summed E-state index contributed by atoms with van der Waals surface area (Å²) in [5.74, 6) is 0. The Morgan fingerprint density at radius 1 is 1.21 bits per heavy atom. The van der Waals surface area contributed by atoms with Crippen LogP contribution < -0.4 is 0 Å². The molecular weight excluding hydrogens is 172 g/mol. The van der Waals surface area contributed by atoms with Crippen LogP contribution in [0.5, 0.6) is 0 Å². The summed E-state index contributed by atoms with van der Waals surface area (Å²) < 4.78 is 2.08. The van der Waals surface area contributed by atoms with Crippen LogP contribution in [-0.2, 0) is 5.41 Å². The van der Waals surface area contributed by atoms with Crippen molar-refractivity contribution in [1.29, 1.82) is 0 Å². The Bertz CT molecular complexity index is 254. The number of hydrogen-bond donors (Lipinski definition) is 0. The molecule has 2 nitrogen and oxygen atoms in total. The highest BCUT2D eigenvalue weighted by molar-refractivity contribution is 5.12. The first-order valence-electron chi connectivity index (χ1n) is 5.47. The van der Waals surface area contributed by atoms with E-state index in [2.05, 4.69) is 50.5 Å². The van der Waals surface area contributed by atoms with Crippen molar-refractivity contribution in [3.8, 4) is 0 Å². The average Bonchev–Trinajstić information content (AvgIpc) is 2.54. The lowest BCUT2D eigenvalue weighted by Gasteiger charge is -2.22. The van der Waals surface area contributed by atoms with E-state index in [0.717, 1.165) is 0 Å². The van der Waals surface area contributed by atoms with Crippen LogP contribution in [-0.4, -0.2) is 9.78 Å². The maximum absolute atomic E-state index is 4.30. The van der Waals surface area contributed by atoms with Gasteiger partial charge in [0.25, 0.3) is 0 Å². The second-order valence-corrected chi connectivity index (χ2v) is 4.50. The topological polar surface area (TPSA) is 17.8 Å². The number of nitrogens with zero attached hydrogens (tertiary/aromatic N) is 2. The molecule has 0 unspecified atom stereocenters. The fourth-order valence-corrected chi connectivity index (χ4v) is 1.32. The Kier molecular flexibility index (Phi) is 4.89. The molecule has 0 aromatic carbocycles. The van der Waals surface area contributed by atoms with E-state index in [-0.39, 0.29) is 5.41 Å². The highest BCUT2D eigenvalue weighted by Gasteiger charge is 2.19. The van der Waals surface area contributed by atoms with Crippen molar-refractivity contribution >= 4 is 0 Å². The first-order chi connectivity index (χ1) is 6.43. The van der Waals surface area contributed by atoms with Gasteiger partial charge in [0.15, 0.2) is 0 Å². The standard InChI is InChI=1S/C10H18N2.C2H6/c1-8(2)12-9(6-7-11-12)10(3,4)5;1-2/h6-8H,1-5H3;1-2H3. The van der Waals surface area contributed by atoms with Crippen LogP contribution in [0.2, 0.25) is 0 Å². The van der Waals surface area contributed by atoms with E-state index in [0.29, 0.717) is 6.04 Å². The van der Waals surface area contributed by atoms with Gasteiger partial charge in [-0.15, -0.1) is 0 Å². The van der Waals surface area contributed by atoms with Crippen molar-refractivity contribution in [1.82, 2.24) is 9.78 Å². The quantitative estimate of drug-likeness (QED) is 0.668. The Morgan fingerprint density at radius 3 is 2.00 bits per heavy atom. The number of hydrogen-bond acceptors (Lipinski definition) is 1. The smallest absolute Gasteiger partial charge is 0.0492 e. The van der Waals surface area contributed by atoms with E-state index in [1.165, 1.54) is 5.69 Å². The molecule has 0 atom stereocenters. The molecule has 0 amide bonds. The van der Waals surface area contributed by atoms with Gasteiger partial charge in [-0.25, -0.2) is 0 Å². The lowest BCUT2D eigenvalue weighted by Crippen LogP contribution is -2.19. The first-order valence-corrected chi connectivity index (χ1v) is 5.47. The molecule has 2 heteroatoms. The van der Waals surface area contributed by atoms with E-state index in [4.69, 9.17) is 0 Å². The third kappa shape index (κ3) is 3.17. The summed E-state index contributed by atoms with van der Waals surface area (Å²) >= 11 is 0. The molecule has 82 valence electrons. The van der Waals surface area contributed by atoms with Crippen molar-refractivity contribution in [3.05, 3.63) is 18.0 Å². The molecule has 1 rings (SSSR count). The van der Waals surface area contributed by atoms with Gasteiger partial charge >= 0.3 is 0 Å². The van der Waals surface area contributed by atoms with Crippen LogP contribution in [0, 0.1) is 0 Å². The lowest BCUT2D eigenvalue weighted by molar-refractivity contribution is 0.446. The van der Waals surface area contributed by atoms with Crippen LogP contribution >= 0.6 is 0 Å². The second kappa shape index (κ2) is 5.18. The summed E-state index contributed by atoms with van der Waals surface area (Å²) in [6, 6.07) is 2.55. The van der Waals surface area contributed by atoms with Crippen LogP contribution in [0.4, 0.5) is 0 Å². The summed E-state index contributed by atoms with van der Waals surface area (Å²) in [5.41, 5.74) is 1.50. The van der Waals surface area contributed by atoms with Gasteiger partial charge in [-0.05, 0) is 19.9 Å². The molecule has 0 saturated heterocycles. The van der Waals surface area contributed by atoms with Gasteiger partial charge in [-0.2, -0.15) is 5.10 Å². The SMILES string of the molecule is CC.CC(C)n1nccc1C(C)(C)C. The fraction of sp³-hybridized carbons (Fsp3) is 0.750. The van der Waals surface area contributed by atoms with Gasteiger partial charge in [-0.1, -0.05) is 34.6 Å². The minimum atomic E-state index is 0.195. The second-order valence-electron chi connectivity index (χ2n) is 4.50. The molecule has 0 aliphatic carbocycles. The summed E-state index contributed by atoms with van der Waals surface area (Å²) in [7, 11) is 0. The van der Waals surface area contributed by atoms with Gasteiger partial charge in [-0.3, -0.25) is 4.68 Å². The molecule has 0 spiro atoms. The van der Waals surface area contributed by atoms with Crippen molar-refractivity contribution in [2.45, 2.75) is 59.9 Å². The Hall–Kier alpha value is -0.790. The monoisotopic (exact) mass is 196 g/mol. The molecule has 0 aliphatic rings. The van der Waals surface area contributed by atoms with Gasteiger partial charge in [0.1, 0.15) is 0 Å². The van der Waals surface area contributed by atoms with Crippen molar-refractivity contribution in [3.63, 3.8) is 0 Å². The Morgan fingerprint density at radius 2 is 1.71 bits per heavy atom. The van der Waals surface area contributed by atoms with E-state index in [9.17, 15) is 0 Å². The molecule has 0 fully saturated rings. The molecule has 1 heterocycles. The summed E-state index contributed by atoms with van der Waals surface area (Å²) in [6.07, 6.45) is 1.88. The molecule has 0 bridgehead atoms. The van der Waals surface area contributed by atoms with Crippen LogP contribution in [0.15, 0.2) is 12.3 Å². The maximum Gasteiger partial charge on any atom is 0.0492 e. The van der Waals surface area contributed by atoms with Crippen molar-refractivity contribution in [2.24, 2.45) is 0 Å². The zero-order chi connectivity index (χ0) is 11.4. The van der Waals surface area contributed by atoms with Crippen LogP contribution in [0.1, 0.15) is 60.2 Å². The lowest BCUT2D eigenvalue weighted by atomic mass is 9.92. The largest absolute Gasteiger partial charge is 0.267 e. The fourth-order valence-electron chi connectivity index (χ4n) is 1.32. The van der Waals surface area contributed by atoms with E-state index in [1.54, 1.807) is 0 Å². The average molecular weight is 196 g/mol. The molecular formula is C12H24N2. The molecule has 1 aromatic heterocycles. The van der Waals surface area contributed by atoms with Gasteiger partial charge < -0.3 is 0 Å². The number of aromatic nitrogens is 2. The molecule has 0 N–H and O–H groups in total. The van der Waals surface area contributed by atoms with Gasteiger partial charge in [0.2, 0.25) is 0 Å². The Balaban J connectivity index is 0.000000791. The van der Waals surface area contributed by atoms with Gasteiger partial charge in [0, 0.05) is 23.3 Å².